The normalized spacial score (nSPS) is 24.8. The van der Waals surface area contributed by atoms with Crippen molar-refractivity contribution in [1.29, 1.82) is 0 Å². The van der Waals surface area contributed by atoms with Crippen molar-refractivity contribution >= 4 is 11.9 Å². The first-order valence-corrected chi connectivity index (χ1v) is 8.48. The summed E-state index contributed by atoms with van der Waals surface area (Å²) >= 11 is 0. The minimum absolute atomic E-state index is 0.280. The molecule has 1 saturated heterocycles. The molecule has 1 aliphatic heterocycles. The van der Waals surface area contributed by atoms with Crippen molar-refractivity contribution in [3.63, 3.8) is 0 Å². The molecule has 1 aliphatic rings. The molecule has 6 nitrogen and oxygen atoms in total. The van der Waals surface area contributed by atoms with Crippen LogP contribution in [-0.2, 0) is 25.5 Å². The van der Waals surface area contributed by atoms with Crippen molar-refractivity contribution in [2.45, 2.75) is 24.4 Å². The smallest absolute Gasteiger partial charge is 0.326 e. The molecule has 1 aromatic carbocycles. The van der Waals surface area contributed by atoms with Crippen LogP contribution >= 0.6 is 0 Å². The maximum atomic E-state index is 12.7. The van der Waals surface area contributed by atoms with Gasteiger partial charge in [0.15, 0.2) is 0 Å². The lowest BCUT2D eigenvalue weighted by molar-refractivity contribution is -0.148. The summed E-state index contributed by atoms with van der Waals surface area (Å²) in [5.74, 6) is -1.29. The Morgan fingerprint density at radius 2 is 1.85 bits per heavy atom. The Morgan fingerprint density at radius 1 is 1.12 bits per heavy atom. The average molecular weight is 354 g/mol. The first-order chi connectivity index (χ1) is 12.6. The van der Waals surface area contributed by atoms with Crippen molar-refractivity contribution in [3.8, 4) is 0 Å². The van der Waals surface area contributed by atoms with E-state index in [0.29, 0.717) is 12.1 Å². The zero-order valence-corrected chi connectivity index (χ0v) is 14.8. The molecule has 3 atom stereocenters. The molecule has 1 N–H and O–H groups in total. The highest BCUT2D eigenvalue weighted by Gasteiger charge is 2.54. The van der Waals surface area contributed by atoms with Gasteiger partial charge in [-0.1, -0.05) is 36.4 Å². The van der Waals surface area contributed by atoms with Gasteiger partial charge in [-0.15, -0.1) is 0 Å². The van der Waals surface area contributed by atoms with Gasteiger partial charge in [0.2, 0.25) is 0 Å². The average Bonchev–Trinajstić information content (AvgIpc) is 3.09. The van der Waals surface area contributed by atoms with E-state index >= 15 is 0 Å². The maximum Gasteiger partial charge on any atom is 0.326 e. The van der Waals surface area contributed by atoms with Crippen molar-refractivity contribution in [2.75, 3.05) is 14.2 Å². The first-order valence-electron chi connectivity index (χ1n) is 8.48. The summed E-state index contributed by atoms with van der Waals surface area (Å²) in [5.41, 5.74) is 0.661. The lowest BCUT2D eigenvalue weighted by Crippen LogP contribution is -2.50. The summed E-state index contributed by atoms with van der Waals surface area (Å²) in [4.78, 5) is 29.5. The van der Waals surface area contributed by atoms with E-state index in [9.17, 15) is 9.59 Å². The van der Waals surface area contributed by atoms with Crippen LogP contribution in [0.3, 0.4) is 0 Å². The van der Waals surface area contributed by atoms with Gasteiger partial charge in [0.1, 0.15) is 5.54 Å². The molecule has 1 fully saturated rings. The molecule has 1 aromatic heterocycles. The van der Waals surface area contributed by atoms with Gasteiger partial charge in [0.25, 0.3) is 0 Å². The number of carbonyl (C=O) groups excluding carboxylic acids is 2. The number of hydrogen-bond acceptors (Lipinski definition) is 6. The van der Waals surface area contributed by atoms with E-state index in [4.69, 9.17) is 9.47 Å². The number of nitrogens with one attached hydrogen (secondary N) is 1. The molecule has 0 spiro atoms. The van der Waals surface area contributed by atoms with E-state index in [0.717, 1.165) is 5.56 Å². The third kappa shape index (κ3) is 3.46. The van der Waals surface area contributed by atoms with E-state index < -0.39 is 23.5 Å². The number of benzene rings is 1. The van der Waals surface area contributed by atoms with Crippen LogP contribution in [0.5, 0.6) is 0 Å². The Balaban J connectivity index is 1.99. The minimum atomic E-state index is -1.02. The Labute approximate surface area is 152 Å². The lowest BCUT2D eigenvalue weighted by Gasteiger charge is -2.27. The van der Waals surface area contributed by atoms with Gasteiger partial charge in [-0.3, -0.25) is 19.9 Å². The summed E-state index contributed by atoms with van der Waals surface area (Å²) in [6.45, 7) is 0. The SMILES string of the molecule is COC(=O)[C@@H]1C[C@](Cc2ccccc2)(C(=O)OC)N[C@@H]1c1ccccn1. The number of ether oxygens (including phenoxy) is 2. The molecule has 0 amide bonds. The number of aromatic nitrogens is 1. The second kappa shape index (κ2) is 7.66. The number of esters is 2. The highest BCUT2D eigenvalue weighted by atomic mass is 16.5. The molecule has 6 heteroatoms. The topological polar surface area (TPSA) is 77.5 Å². The third-order valence-electron chi connectivity index (χ3n) is 4.84. The second-order valence-corrected chi connectivity index (χ2v) is 6.45. The van der Waals surface area contributed by atoms with Crippen molar-refractivity contribution in [1.82, 2.24) is 10.3 Å². The molecule has 0 aliphatic carbocycles. The van der Waals surface area contributed by atoms with Crippen LogP contribution in [-0.4, -0.2) is 36.7 Å². The summed E-state index contributed by atoms with van der Waals surface area (Å²) in [7, 11) is 2.71. The molecular formula is C20H22N2O4. The van der Waals surface area contributed by atoms with Crippen LogP contribution < -0.4 is 5.32 Å². The van der Waals surface area contributed by atoms with E-state index in [1.54, 1.807) is 6.20 Å². The van der Waals surface area contributed by atoms with Crippen LogP contribution in [0.15, 0.2) is 54.7 Å². The number of carbonyl (C=O) groups is 2. The number of nitrogens with zero attached hydrogens (tertiary/aromatic N) is 1. The standard InChI is InChI=1S/C20H22N2O4/c1-25-18(23)15-13-20(19(24)26-2,12-14-8-4-3-5-9-14)22-17(15)16-10-6-7-11-21-16/h3-11,15,17,22H,12-13H2,1-2H3/t15-,17+,20-/m1/s1. The third-order valence-corrected chi connectivity index (χ3v) is 4.84. The fraction of sp³-hybridized carbons (Fsp3) is 0.350. The predicted octanol–water partition coefficient (Wildman–Crippen LogP) is 2.06. The summed E-state index contributed by atoms with van der Waals surface area (Å²) < 4.78 is 10.1. The van der Waals surface area contributed by atoms with E-state index in [-0.39, 0.29) is 12.4 Å². The largest absolute Gasteiger partial charge is 0.469 e. The first kappa shape index (κ1) is 18.1. The van der Waals surface area contributed by atoms with E-state index in [2.05, 4.69) is 10.3 Å². The molecule has 0 saturated carbocycles. The lowest BCUT2D eigenvalue weighted by atomic mass is 9.85. The van der Waals surface area contributed by atoms with Crippen molar-refractivity contribution in [2.24, 2.45) is 5.92 Å². The number of pyridine rings is 1. The van der Waals surface area contributed by atoms with Gasteiger partial charge in [-0.05, 0) is 24.1 Å². The summed E-state index contributed by atoms with van der Waals surface area (Å²) in [5, 5.41) is 3.35. The van der Waals surface area contributed by atoms with Gasteiger partial charge in [0, 0.05) is 12.6 Å². The van der Waals surface area contributed by atoms with Crippen LogP contribution in [0.25, 0.3) is 0 Å². The Morgan fingerprint density at radius 3 is 2.46 bits per heavy atom. The van der Waals surface area contributed by atoms with Crippen LogP contribution in [0.1, 0.15) is 23.7 Å². The van der Waals surface area contributed by atoms with Crippen LogP contribution in [0.2, 0.25) is 0 Å². The molecule has 0 radical (unpaired) electrons. The molecular weight excluding hydrogens is 332 g/mol. The maximum absolute atomic E-state index is 12.7. The number of methoxy groups -OCH3 is 2. The van der Waals surface area contributed by atoms with Crippen molar-refractivity contribution in [3.05, 3.63) is 66.0 Å². The van der Waals surface area contributed by atoms with Gasteiger partial charge in [-0.2, -0.15) is 0 Å². The second-order valence-electron chi connectivity index (χ2n) is 6.45. The zero-order chi connectivity index (χ0) is 18.6. The van der Waals surface area contributed by atoms with Gasteiger partial charge in [-0.25, -0.2) is 0 Å². The predicted molar refractivity (Wildman–Crippen MR) is 95.1 cm³/mol. The van der Waals surface area contributed by atoms with Crippen molar-refractivity contribution < 1.29 is 19.1 Å². The fourth-order valence-corrected chi connectivity index (χ4v) is 3.64. The minimum Gasteiger partial charge on any atom is -0.469 e. The summed E-state index contributed by atoms with van der Waals surface area (Å²) in [6.07, 6.45) is 2.36. The molecule has 0 bridgehead atoms. The zero-order valence-electron chi connectivity index (χ0n) is 14.8. The summed E-state index contributed by atoms with van der Waals surface area (Å²) in [6, 6.07) is 14.7. The molecule has 3 rings (SSSR count). The highest BCUT2D eigenvalue weighted by molar-refractivity contribution is 5.85. The monoisotopic (exact) mass is 354 g/mol. The molecule has 0 unspecified atom stereocenters. The molecule has 2 heterocycles. The number of hydrogen-bond donors (Lipinski definition) is 1. The molecule has 2 aromatic rings. The van der Waals surface area contributed by atoms with E-state index in [1.807, 2.05) is 48.5 Å². The number of rotatable bonds is 5. The van der Waals surface area contributed by atoms with Gasteiger partial charge in [0.05, 0.1) is 31.9 Å². The van der Waals surface area contributed by atoms with Gasteiger partial charge < -0.3 is 9.47 Å². The van der Waals surface area contributed by atoms with Crippen LogP contribution in [0.4, 0.5) is 0 Å². The Bertz CT molecular complexity index is 766. The van der Waals surface area contributed by atoms with Crippen LogP contribution in [0, 0.1) is 5.92 Å². The Kier molecular flexibility index (Phi) is 5.32. The fourth-order valence-electron chi connectivity index (χ4n) is 3.64. The van der Waals surface area contributed by atoms with Gasteiger partial charge >= 0.3 is 11.9 Å². The highest BCUT2D eigenvalue weighted by Crippen LogP contribution is 2.40. The van der Waals surface area contributed by atoms with E-state index in [1.165, 1.54) is 14.2 Å². The Hall–Kier alpha value is -2.73. The quantitative estimate of drug-likeness (QED) is 0.828. The molecule has 136 valence electrons. The molecule has 26 heavy (non-hydrogen) atoms.